The van der Waals surface area contributed by atoms with Crippen LogP contribution in [0.15, 0.2) is 23.1 Å². The van der Waals surface area contributed by atoms with Crippen LogP contribution in [0.3, 0.4) is 0 Å². The zero-order chi connectivity index (χ0) is 17.2. The lowest BCUT2D eigenvalue weighted by molar-refractivity contribution is 0.0997. The number of methoxy groups -OCH3 is 1. The van der Waals surface area contributed by atoms with E-state index in [-0.39, 0.29) is 41.2 Å². The summed E-state index contributed by atoms with van der Waals surface area (Å²) in [5.41, 5.74) is 11.1. The van der Waals surface area contributed by atoms with E-state index in [4.69, 9.17) is 16.2 Å². The van der Waals surface area contributed by atoms with Crippen LogP contribution in [0.1, 0.15) is 30.1 Å². The van der Waals surface area contributed by atoms with Crippen molar-refractivity contribution in [2.75, 3.05) is 20.2 Å². The summed E-state index contributed by atoms with van der Waals surface area (Å²) in [4.78, 5) is 11.5. The van der Waals surface area contributed by atoms with Crippen LogP contribution in [0.5, 0.6) is 5.75 Å². The number of nitrogens with two attached hydrogens (primary N) is 2. The van der Waals surface area contributed by atoms with Crippen LogP contribution in [0.4, 0.5) is 0 Å². The highest BCUT2D eigenvalue weighted by Gasteiger charge is 2.35. The van der Waals surface area contributed by atoms with Crippen LogP contribution in [0.2, 0.25) is 0 Å². The van der Waals surface area contributed by atoms with Gasteiger partial charge < -0.3 is 16.2 Å². The van der Waals surface area contributed by atoms with Gasteiger partial charge in [0.25, 0.3) is 5.91 Å². The molecule has 0 saturated carbocycles. The average molecular weight is 378 g/mol. The number of rotatable bonds is 5. The normalized spacial score (nSPS) is 21.8. The molecular formula is C15H24ClN3O4S. The fourth-order valence-corrected chi connectivity index (χ4v) is 4.62. The van der Waals surface area contributed by atoms with E-state index >= 15 is 0 Å². The van der Waals surface area contributed by atoms with Gasteiger partial charge >= 0.3 is 0 Å². The molecule has 2 unspecified atom stereocenters. The molecule has 1 aromatic carbocycles. The van der Waals surface area contributed by atoms with Crippen LogP contribution in [-0.2, 0) is 10.0 Å². The SMILES string of the molecule is COc1ccc(S(=O)(=O)N2CCC(C)CC2CN)cc1C(N)=O.Cl. The van der Waals surface area contributed by atoms with Gasteiger partial charge in [-0.25, -0.2) is 8.42 Å². The number of sulfonamides is 1. The summed E-state index contributed by atoms with van der Waals surface area (Å²) in [5.74, 6) is -0.0484. The molecule has 7 nitrogen and oxygen atoms in total. The number of amides is 1. The van der Waals surface area contributed by atoms with Crippen molar-refractivity contribution in [2.45, 2.75) is 30.7 Å². The lowest BCUT2D eigenvalue weighted by atomic mass is 9.94. The molecule has 0 spiro atoms. The standard InChI is InChI=1S/C15H23N3O4S.ClH/c1-10-5-6-18(11(7-10)9-16)23(20,21)12-3-4-14(22-2)13(8-12)15(17)19;/h3-4,8,10-11H,5-7,9,16H2,1-2H3,(H2,17,19);1H. The second-order valence-corrected chi connectivity index (χ2v) is 7.75. The van der Waals surface area contributed by atoms with Crippen LogP contribution >= 0.6 is 12.4 Å². The molecule has 1 amide bonds. The van der Waals surface area contributed by atoms with Gasteiger partial charge in [-0.2, -0.15) is 4.31 Å². The second kappa shape index (κ2) is 8.15. The molecule has 0 bridgehead atoms. The number of primary amides is 1. The Balaban J connectivity index is 0.00000288. The Kier molecular flexibility index (Phi) is 7.03. The van der Waals surface area contributed by atoms with E-state index in [2.05, 4.69) is 6.92 Å². The van der Waals surface area contributed by atoms with Crippen LogP contribution in [0.25, 0.3) is 0 Å². The molecular weight excluding hydrogens is 354 g/mol. The summed E-state index contributed by atoms with van der Waals surface area (Å²) in [6, 6.07) is 3.90. The predicted molar refractivity (Wildman–Crippen MR) is 93.9 cm³/mol. The molecule has 9 heteroatoms. The number of nitrogens with zero attached hydrogens (tertiary/aromatic N) is 1. The summed E-state index contributed by atoms with van der Waals surface area (Å²) in [5, 5.41) is 0. The van der Waals surface area contributed by atoms with Crippen LogP contribution < -0.4 is 16.2 Å². The number of benzene rings is 1. The Bertz CT molecular complexity index is 696. The maximum Gasteiger partial charge on any atom is 0.252 e. The van der Waals surface area contributed by atoms with E-state index < -0.39 is 15.9 Å². The van der Waals surface area contributed by atoms with Gasteiger partial charge in [-0.3, -0.25) is 4.79 Å². The molecule has 2 rings (SSSR count). The minimum Gasteiger partial charge on any atom is -0.496 e. The lowest BCUT2D eigenvalue weighted by Gasteiger charge is -2.36. The first-order chi connectivity index (χ1) is 10.8. The third-order valence-electron chi connectivity index (χ3n) is 4.24. The monoisotopic (exact) mass is 377 g/mol. The third-order valence-corrected chi connectivity index (χ3v) is 6.19. The molecule has 4 N–H and O–H groups in total. The highest BCUT2D eigenvalue weighted by molar-refractivity contribution is 7.89. The van der Waals surface area contributed by atoms with Gasteiger partial charge in [0.15, 0.2) is 0 Å². The molecule has 0 aromatic heterocycles. The predicted octanol–water partition coefficient (Wildman–Crippen LogP) is 0.964. The van der Waals surface area contributed by atoms with E-state index in [1.165, 1.54) is 29.6 Å². The first-order valence-electron chi connectivity index (χ1n) is 7.51. The maximum absolute atomic E-state index is 12.9. The first kappa shape index (κ1) is 20.7. The molecule has 1 aliphatic heterocycles. The average Bonchev–Trinajstić information content (AvgIpc) is 2.53. The lowest BCUT2D eigenvalue weighted by Crippen LogP contribution is -2.49. The topological polar surface area (TPSA) is 116 Å². The van der Waals surface area contributed by atoms with Gasteiger partial charge in [0.05, 0.1) is 17.6 Å². The van der Waals surface area contributed by atoms with E-state index in [0.29, 0.717) is 12.5 Å². The van der Waals surface area contributed by atoms with Crippen molar-refractivity contribution in [3.63, 3.8) is 0 Å². The molecule has 1 aliphatic rings. The number of carbonyl (C=O) groups excluding carboxylic acids is 1. The molecule has 1 saturated heterocycles. The number of halogens is 1. The summed E-state index contributed by atoms with van der Waals surface area (Å²) in [6.07, 6.45) is 1.52. The largest absolute Gasteiger partial charge is 0.496 e. The molecule has 0 radical (unpaired) electrons. The van der Waals surface area contributed by atoms with Gasteiger partial charge in [-0.15, -0.1) is 12.4 Å². The van der Waals surface area contributed by atoms with Crippen molar-refractivity contribution in [2.24, 2.45) is 17.4 Å². The summed E-state index contributed by atoms with van der Waals surface area (Å²) in [7, 11) is -2.34. The molecule has 1 aromatic rings. The van der Waals surface area contributed by atoms with Gasteiger partial charge in [0.2, 0.25) is 10.0 Å². The quantitative estimate of drug-likeness (QED) is 0.792. The van der Waals surface area contributed by atoms with Gasteiger partial charge in [-0.1, -0.05) is 6.92 Å². The van der Waals surface area contributed by atoms with Crippen molar-refractivity contribution >= 4 is 28.3 Å². The van der Waals surface area contributed by atoms with Crippen molar-refractivity contribution in [3.05, 3.63) is 23.8 Å². The van der Waals surface area contributed by atoms with Crippen molar-refractivity contribution in [1.29, 1.82) is 0 Å². The fourth-order valence-electron chi connectivity index (χ4n) is 2.94. The molecule has 0 aliphatic carbocycles. The highest BCUT2D eigenvalue weighted by atomic mass is 35.5. The fraction of sp³-hybridized carbons (Fsp3) is 0.533. The Morgan fingerprint density at radius 2 is 2.08 bits per heavy atom. The minimum atomic E-state index is -3.74. The molecule has 136 valence electrons. The van der Waals surface area contributed by atoms with Crippen molar-refractivity contribution in [1.82, 2.24) is 4.31 Å². The number of hydrogen-bond acceptors (Lipinski definition) is 5. The smallest absolute Gasteiger partial charge is 0.252 e. The number of carbonyl (C=O) groups is 1. The molecule has 24 heavy (non-hydrogen) atoms. The first-order valence-corrected chi connectivity index (χ1v) is 8.95. The number of hydrogen-bond donors (Lipinski definition) is 2. The summed E-state index contributed by atoms with van der Waals surface area (Å²) in [6.45, 7) is 2.77. The van der Waals surface area contributed by atoms with Gasteiger partial charge in [-0.05, 0) is 37.0 Å². The Labute approximate surface area is 148 Å². The van der Waals surface area contributed by atoms with E-state index in [1.807, 2.05) is 0 Å². The highest BCUT2D eigenvalue weighted by Crippen LogP contribution is 2.30. The van der Waals surface area contributed by atoms with Gasteiger partial charge in [0.1, 0.15) is 5.75 Å². The third kappa shape index (κ3) is 4.00. The Hall–Kier alpha value is -1.35. The summed E-state index contributed by atoms with van der Waals surface area (Å²) < 4.78 is 32.3. The maximum atomic E-state index is 12.9. The number of piperidine rings is 1. The zero-order valence-electron chi connectivity index (χ0n) is 13.8. The molecule has 1 fully saturated rings. The van der Waals surface area contributed by atoms with E-state index in [0.717, 1.165) is 12.8 Å². The second-order valence-electron chi connectivity index (χ2n) is 5.86. The summed E-state index contributed by atoms with van der Waals surface area (Å²) >= 11 is 0. The molecule has 2 atom stereocenters. The van der Waals surface area contributed by atoms with Crippen LogP contribution in [-0.4, -0.2) is 44.9 Å². The molecule has 1 heterocycles. The zero-order valence-corrected chi connectivity index (χ0v) is 15.4. The Morgan fingerprint density at radius 1 is 1.42 bits per heavy atom. The Morgan fingerprint density at radius 3 is 2.62 bits per heavy atom. The van der Waals surface area contributed by atoms with E-state index in [9.17, 15) is 13.2 Å². The van der Waals surface area contributed by atoms with Crippen molar-refractivity contribution < 1.29 is 17.9 Å². The van der Waals surface area contributed by atoms with E-state index in [1.54, 1.807) is 0 Å². The van der Waals surface area contributed by atoms with Crippen LogP contribution in [0, 0.1) is 5.92 Å². The van der Waals surface area contributed by atoms with Crippen molar-refractivity contribution in [3.8, 4) is 5.75 Å². The minimum absolute atomic E-state index is 0. The van der Waals surface area contributed by atoms with Gasteiger partial charge in [0, 0.05) is 19.1 Å². The number of ether oxygens (including phenoxy) is 1.